The third-order valence-electron chi connectivity index (χ3n) is 7.04. The summed E-state index contributed by atoms with van der Waals surface area (Å²) in [6.45, 7) is 0.661. The molecule has 190 valence electrons. The normalized spacial score (nSPS) is 14.5. The minimum Gasteiger partial charge on any atom is -0.495 e. The van der Waals surface area contributed by atoms with Gasteiger partial charge >= 0.3 is 0 Å². The second-order valence-electron chi connectivity index (χ2n) is 9.35. The molecule has 0 bridgehead atoms. The Balaban J connectivity index is 1.49. The van der Waals surface area contributed by atoms with E-state index in [1.165, 1.54) is 0 Å². The Labute approximate surface area is 217 Å². The lowest BCUT2D eigenvalue weighted by Crippen LogP contribution is -2.45. The highest BCUT2D eigenvalue weighted by Crippen LogP contribution is 2.36. The fraction of sp³-hybridized carbons (Fsp3) is 0.296. The van der Waals surface area contributed by atoms with E-state index in [9.17, 15) is 9.18 Å². The minimum absolute atomic E-state index is 0.123. The van der Waals surface area contributed by atoms with Gasteiger partial charge in [0, 0.05) is 42.7 Å². The summed E-state index contributed by atoms with van der Waals surface area (Å²) in [5.41, 5.74) is 11.0. The number of hydrogen-bond donors (Lipinski definition) is 1. The number of thiazole rings is 1. The average molecular weight is 519 g/mol. The molecule has 2 N–H and O–H groups in total. The number of hydrogen-bond acceptors (Lipinski definition) is 6. The molecule has 0 saturated carbocycles. The highest BCUT2D eigenvalue weighted by molar-refractivity contribution is 7.09. The number of carbonyl (C=O) groups excluding carboxylic acids is 1. The van der Waals surface area contributed by atoms with E-state index in [-0.39, 0.29) is 12.5 Å². The van der Waals surface area contributed by atoms with Crippen LogP contribution in [-0.4, -0.2) is 62.8 Å². The largest absolute Gasteiger partial charge is 0.495 e. The standard InChI is InChI=1S/C27H27FN6O2S/c1-32-21-10-16-6-8-33(14-18(29)13-28)27(35)19(16)12-20(21)31-26(32)22-11-17-4-3-5-23(36-2)25(17)34(22)15-24-30-7-9-37-24/h3-5,7,9-12,18H,6,8,13-15,29H2,1-2H3/t18-/m1/s1. The van der Waals surface area contributed by atoms with Crippen LogP contribution in [0.1, 0.15) is 20.9 Å². The van der Waals surface area contributed by atoms with Crippen molar-refractivity contribution in [2.24, 2.45) is 12.8 Å². The molecule has 0 saturated heterocycles. The Hall–Kier alpha value is -3.76. The molecule has 1 aliphatic heterocycles. The first-order valence-corrected chi connectivity index (χ1v) is 13.0. The fourth-order valence-corrected chi connectivity index (χ4v) is 5.82. The SMILES string of the molecule is COc1cccc2cc(-c3nc4cc5c(cc4n3C)CCN(C[C@H](N)CF)C5=O)n(Cc3nccs3)c12. The van der Waals surface area contributed by atoms with Gasteiger partial charge in [0.1, 0.15) is 17.4 Å². The number of benzene rings is 2. The van der Waals surface area contributed by atoms with E-state index in [2.05, 4.69) is 32.3 Å². The summed E-state index contributed by atoms with van der Waals surface area (Å²) in [6.07, 6.45) is 2.50. The van der Waals surface area contributed by atoms with E-state index >= 15 is 0 Å². The zero-order chi connectivity index (χ0) is 25.7. The van der Waals surface area contributed by atoms with Crippen LogP contribution in [0.25, 0.3) is 33.5 Å². The number of ether oxygens (including phenoxy) is 1. The van der Waals surface area contributed by atoms with Crippen molar-refractivity contribution in [2.75, 3.05) is 26.9 Å². The molecule has 37 heavy (non-hydrogen) atoms. The number of aryl methyl sites for hydroxylation is 1. The molecule has 10 heteroatoms. The van der Waals surface area contributed by atoms with Crippen molar-refractivity contribution in [2.45, 2.75) is 19.0 Å². The topological polar surface area (TPSA) is 91.2 Å². The lowest BCUT2D eigenvalue weighted by atomic mass is 9.97. The van der Waals surface area contributed by atoms with Gasteiger partial charge in [0.25, 0.3) is 5.91 Å². The molecule has 8 nitrogen and oxygen atoms in total. The maximum absolute atomic E-state index is 13.2. The van der Waals surface area contributed by atoms with Gasteiger partial charge in [-0.25, -0.2) is 14.4 Å². The van der Waals surface area contributed by atoms with Gasteiger partial charge in [-0.2, -0.15) is 0 Å². The second-order valence-corrected chi connectivity index (χ2v) is 10.3. The lowest BCUT2D eigenvalue weighted by molar-refractivity contribution is 0.0725. The first-order valence-electron chi connectivity index (χ1n) is 12.1. The molecule has 6 rings (SSSR count). The number of carbonyl (C=O) groups is 1. The summed E-state index contributed by atoms with van der Waals surface area (Å²) in [6, 6.07) is 11.4. The number of amides is 1. The molecule has 0 spiro atoms. The van der Waals surface area contributed by atoms with Gasteiger partial charge in [-0.15, -0.1) is 11.3 Å². The molecule has 1 amide bonds. The van der Waals surface area contributed by atoms with E-state index in [1.807, 2.05) is 36.8 Å². The third kappa shape index (κ3) is 3.96. The fourth-order valence-electron chi connectivity index (χ4n) is 5.22. The molecule has 0 fully saturated rings. The predicted octanol–water partition coefficient (Wildman–Crippen LogP) is 4.00. The number of rotatable bonds is 7. The van der Waals surface area contributed by atoms with Crippen molar-refractivity contribution >= 4 is 39.2 Å². The number of imidazole rings is 1. The Morgan fingerprint density at radius 2 is 2.14 bits per heavy atom. The van der Waals surface area contributed by atoms with Gasteiger partial charge in [-0.3, -0.25) is 4.79 Å². The predicted molar refractivity (Wildman–Crippen MR) is 143 cm³/mol. The van der Waals surface area contributed by atoms with Crippen LogP contribution >= 0.6 is 11.3 Å². The number of methoxy groups -OCH3 is 1. The average Bonchev–Trinajstić information content (AvgIpc) is 3.63. The van der Waals surface area contributed by atoms with E-state index in [0.717, 1.165) is 49.8 Å². The van der Waals surface area contributed by atoms with Gasteiger partial charge in [0.2, 0.25) is 0 Å². The van der Waals surface area contributed by atoms with Gasteiger partial charge in [0.15, 0.2) is 5.82 Å². The van der Waals surface area contributed by atoms with Crippen LogP contribution in [-0.2, 0) is 20.0 Å². The van der Waals surface area contributed by atoms with Crippen molar-refractivity contribution in [1.82, 2.24) is 24.0 Å². The van der Waals surface area contributed by atoms with Gasteiger partial charge < -0.3 is 24.5 Å². The van der Waals surface area contributed by atoms with Crippen LogP contribution in [0.2, 0.25) is 0 Å². The van der Waals surface area contributed by atoms with Crippen LogP contribution in [0.5, 0.6) is 5.75 Å². The summed E-state index contributed by atoms with van der Waals surface area (Å²) >= 11 is 1.60. The number of nitrogens with zero attached hydrogens (tertiary/aromatic N) is 5. The maximum Gasteiger partial charge on any atom is 0.254 e. The first kappa shape index (κ1) is 23.6. The summed E-state index contributed by atoms with van der Waals surface area (Å²) < 4.78 is 22.9. The number of aromatic nitrogens is 4. The van der Waals surface area contributed by atoms with Crippen LogP contribution in [0.4, 0.5) is 4.39 Å². The molecule has 0 unspecified atom stereocenters. The minimum atomic E-state index is -0.674. The van der Waals surface area contributed by atoms with Crippen molar-refractivity contribution in [3.05, 3.63) is 64.1 Å². The van der Waals surface area contributed by atoms with Crippen molar-refractivity contribution in [3.63, 3.8) is 0 Å². The molecule has 3 aromatic heterocycles. The number of halogens is 1. The summed E-state index contributed by atoms with van der Waals surface area (Å²) in [7, 11) is 3.67. The number of alkyl halides is 1. The summed E-state index contributed by atoms with van der Waals surface area (Å²) in [4.78, 5) is 24.3. The number of para-hydroxylation sites is 1. The van der Waals surface area contributed by atoms with E-state index in [0.29, 0.717) is 25.1 Å². The highest BCUT2D eigenvalue weighted by Gasteiger charge is 2.28. The van der Waals surface area contributed by atoms with Crippen molar-refractivity contribution < 1.29 is 13.9 Å². The Morgan fingerprint density at radius 1 is 1.27 bits per heavy atom. The van der Waals surface area contributed by atoms with E-state index in [4.69, 9.17) is 15.5 Å². The van der Waals surface area contributed by atoms with Crippen molar-refractivity contribution in [3.8, 4) is 17.3 Å². The smallest absolute Gasteiger partial charge is 0.254 e. The van der Waals surface area contributed by atoms with Crippen LogP contribution in [0.3, 0.4) is 0 Å². The molecule has 0 aliphatic carbocycles. The second kappa shape index (κ2) is 9.28. The lowest BCUT2D eigenvalue weighted by Gasteiger charge is -2.30. The Morgan fingerprint density at radius 3 is 2.89 bits per heavy atom. The van der Waals surface area contributed by atoms with Crippen molar-refractivity contribution in [1.29, 1.82) is 0 Å². The molecule has 4 heterocycles. The summed E-state index contributed by atoms with van der Waals surface area (Å²) in [5.74, 6) is 1.45. The molecule has 1 aliphatic rings. The maximum atomic E-state index is 13.2. The Bertz CT molecular complexity index is 1620. The molecular weight excluding hydrogens is 491 g/mol. The number of fused-ring (bicyclic) bond motifs is 3. The highest BCUT2D eigenvalue weighted by atomic mass is 32.1. The third-order valence-corrected chi connectivity index (χ3v) is 7.80. The zero-order valence-electron chi connectivity index (χ0n) is 20.6. The molecular formula is C27H27FN6O2S. The molecule has 5 aromatic rings. The molecule has 0 radical (unpaired) electrons. The van der Waals surface area contributed by atoms with Gasteiger partial charge in [-0.1, -0.05) is 12.1 Å². The van der Waals surface area contributed by atoms with E-state index in [1.54, 1.807) is 23.3 Å². The summed E-state index contributed by atoms with van der Waals surface area (Å²) in [5, 5.41) is 4.00. The van der Waals surface area contributed by atoms with E-state index < -0.39 is 12.7 Å². The molecule has 2 aromatic carbocycles. The van der Waals surface area contributed by atoms with Crippen LogP contribution in [0, 0.1) is 0 Å². The van der Waals surface area contributed by atoms with Crippen LogP contribution in [0.15, 0.2) is 48.0 Å². The van der Waals surface area contributed by atoms with Gasteiger partial charge in [0.05, 0.1) is 41.9 Å². The number of nitrogens with two attached hydrogens (primary N) is 1. The Kier molecular flexibility index (Phi) is 5.92. The van der Waals surface area contributed by atoms with Crippen LogP contribution < -0.4 is 10.5 Å². The first-order chi connectivity index (χ1) is 18.0. The van der Waals surface area contributed by atoms with Gasteiger partial charge in [-0.05, 0) is 36.2 Å². The monoisotopic (exact) mass is 518 g/mol. The zero-order valence-corrected chi connectivity index (χ0v) is 21.5. The molecule has 1 atom stereocenters. The quantitative estimate of drug-likeness (QED) is 0.352.